The Kier molecular flexibility index (Phi) is 9.45. The van der Waals surface area contributed by atoms with Crippen LogP contribution < -0.4 is 20.9 Å². The summed E-state index contributed by atoms with van der Waals surface area (Å²) >= 11 is 0. The van der Waals surface area contributed by atoms with E-state index in [1.54, 1.807) is 26.6 Å². The second kappa shape index (κ2) is 13.2. The Bertz CT molecular complexity index is 1240. The van der Waals surface area contributed by atoms with Crippen molar-refractivity contribution < 1.29 is 9.47 Å². The average Bonchev–Trinajstić information content (AvgIpc) is 2.90. The topological polar surface area (TPSA) is 95.8 Å². The SMILES string of the molecule is CN=C(C=C(N)/C=C/c1ccc(OCc2cccnc2)cc1OC)/C=C/c1ccc(/C=C\N)cc1. The number of methoxy groups -OCH3 is 1. The molecule has 0 aliphatic heterocycles. The fourth-order valence-corrected chi connectivity index (χ4v) is 3.17. The molecule has 1 aromatic heterocycles. The summed E-state index contributed by atoms with van der Waals surface area (Å²) in [5.74, 6) is 1.40. The van der Waals surface area contributed by atoms with Crippen LogP contribution in [0.1, 0.15) is 22.3 Å². The van der Waals surface area contributed by atoms with Crippen LogP contribution in [-0.4, -0.2) is 24.9 Å². The van der Waals surface area contributed by atoms with Crippen LogP contribution in [0.15, 0.2) is 102 Å². The van der Waals surface area contributed by atoms with Crippen molar-refractivity contribution in [3.63, 3.8) is 0 Å². The molecule has 178 valence electrons. The van der Waals surface area contributed by atoms with Gasteiger partial charge in [-0.3, -0.25) is 9.98 Å². The molecule has 4 N–H and O–H groups in total. The molecule has 3 rings (SSSR count). The highest BCUT2D eigenvalue weighted by atomic mass is 16.5. The van der Waals surface area contributed by atoms with Gasteiger partial charge in [0.1, 0.15) is 18.1 Å². The molecule has 0 unspecified atom stereocenters. The number of allylic oxidation sites excluding steroid dienone is 3. The highest BCUT2D eigenvalue weighted by Gasteiger charge is 2.04. The molecule has 0 atom stereocenters. The molecule has 0 saturated carbocycles. The molecule has 0 aliphatic rings. The third-order valence-corrected chi connectivity index (χ3v) is 5.03. The number of hydrogen-bond acceptors (Lipinski definition) is 6. The number of nitrogens with two attached hydrogens (primary N) is 2. The normalized spacial score (nSPS) is 12.6. The van der Waals surface area contributed by atoms with Crippen molar-refractivity contribution in [2.24, 2.45) is 16.5 Å². The third kappa shape index (κ3) is 8.05. The van der Waals surface area contributed by atoms with E-state index in [0.29, 0.717) is 23.8 Å². The minimum atomic E-state index is 0.434. The standard InChI is InChI=1S/C29H30N4O2/c1-32-27(13-9-22-5-7-23(8-6-22)15-16-30)18-26(31)12-10-25-11-14-28(19-29(25)34-2)35-21-24-4-3-17-33-20-24/h3-20H,21,30-31H2,1-2H3/b12-10+,13-9+,16-15-,26-18?,32-27?. The van der Waals surface area contributed by atoms with Gasteiger partial charge in [0.05, 0.1) is 12.8 Å². The summed E-state index contributed by atoms with van der Waals surface area (Å²) in [5.41, 5.74) is 17.0. The van der Waals surface area contributed by atoms with Gasteiger partial charge in [-0.2, -0.15) is 0 Å². The number of rotatable bonds is 10. The van der Waals surface area contributed by atoms with Gasteiger partial charge in [-0.25, -0.2) is 0 Å². The number of benzene rings is 2. The van der Waals surface area contributed by atoms with Crippen molar-refractivity contribution in [2.75, 3.05) is 14.2 Å². The van der Waals surface area contributed by atoms with Gasteiger partial charge >= 0.3 is 0 Å². The zero-order valence-electron chi connectivity index (χ0n) is 20.0. The quantitative estimate of drug-likeness (QED) is 0.315. The summed E-state index contributed by atoms with van der Waals surface area (Å²) in [6.45, 7) is 0.434. The van der Waals surface area contributed by atoms with E-state index < -0.39 is 0 Å². The van der Waals surface area contributed by atoms with E-state index in [2.05, 4.69) is 9.98 Å². The lowest BCUT2D eigenvalue weighted by atomic mass is 10.1. The van der Waals surface area contributed by atoms with Crippen molar-refractivity contribution in [1.29, 1.82) is 0 Å². The largest absolute Gasteiger partial charge is 0.496 e. The summed E-state index contributed by atoms with van der Waals surface area (Å²) < 4.78 is 11.4. The van der Waals surface area contributed by atoms with Crippen LogP contribution in [0.4, 0.5) is 0 Å². The Morgan fingerprint density at radius 1 is 1.00 bits per heavy atom. The predicted molar refractivity (Wildman–Crippen MR) is 145 cm³/mol. The third-order valence-electron chi connectivity index (χ3n) is 5.03. The van der Waals surface area contributed by atoms with Crippen molar-refractivity contribution >= 4 is 23.9 Å². The first-order valence-electron chi connectivity index (χ1n) is 11.1. The van der Waals surface area contributed by atoms with Gasteiger partial charge in [0, 0.05) is 42.3 Å². The van der Waals surface area contributed by atoms with Gasteiger partial charge in [-0.1, -0.05) is 36.4 Å². The van der Waals surface area contributed by atoms with Crippen LogP contribution in [0.2, 0.25) is 0 Å². The zero-order chi connectivity index (χ0) is 24.9. The fourth-order valence-electron chi connectivity index (χ4n) is 3.17. The van der Waals surface area contributed by atoms with E-state index in [1.165, 1.54) is 6.20 Å². The van der Waals surface area contributed by atoms with Gasteiger partial charge in [0.2, 0.25) is 0 Å². The average molecular weight is 467 g/mol. The summed E-state index contributed by atoms with van der Waals surface area (Å²) in [5, 5.41) is 0. The van der Waals surface area contributed by atoms with Crippen LogP contribution >= 0.6 is 0 Å². The van der Waals surface area contributed by atoms with Crippen LogP contribution in [0.25, 0.3) is 18.2 Å². The Hall–Kier alpha value is -4.58. The summed E-state index contributed by atoms with van der Waals surface area (Å²) in [7, 11) is 3.36. The molecule has 35 heavy (non-hydrogen) atoms. The molecule has 2 aromatic carbocycles. The van der Waals surface area contributed by atoms with Crippen molar-refractivity contribution in [1.82, 2.24) is 4.98 Å². The molecule has 6 nitrogen and oxygen atoms in total. The summed E-state index contributed by atoms with van der Waals surface area (Å²) in [6, 6.07) is 17.6. The molecule has 0 aliphatic carbocycles. The van der Waals surface area contributed by atoms with Crippen molar-refractivity contribution in [3.05, 3.63) is 119 Å². The Morgan fingerprint density at radius 2 is 1.77 bits per heavy atom. The van der Waals surface area contributed by atoms with Crippen LogP contribution in [0, 0.1) is 0 Å². The number of ether oxygens (including phenoxy) is 2. The van der Waals surface area contributed by atoms with Gasteiger partial charge in [0.15, 0.2) is 0 Å². The molecular formula is C29H30N4O2. The molecular weight excluding hydrogens is 436 g/mol. The molecule has 0 amide bonds. The molecule has 1 heterocycles. The second-order valence-corrected chi connectivity index (χ2v) is 7.54. The van der Waals surface area contributed by atoms with Crippen molar-refractivity contribution in [3.8, 4) is 11.5 Å². The van der Waals surface area contributed by atoms with Gasteiger partial charge < -0.3 is 20.9 Å². The monoisotopic (exact) mass is 466 g/mol. The number of pyridine rings is 1. The zero-order valence-corrected chi connectivity index (χ0v) is 20.0. The molecule has 6 heteroatoms. The van der Waals surface area contributed by atoms with E-state index in [0.717, 1.165) is 28.0 Å². The first-order valence-corrected chi connectivity index (χ1v) is 11.1. The smallest absolute Gasteiger partial charge is 0.129 e. The maximum atomic E-state index is 6.22. The van der Waals surface area contributed by atoms with Crippen LogP contribution in [0.5, 0.6) is 11.5 Å². The van der Waals surface area contributed by atoms with Gasteiger partial charge in [0.25, 0.3) is 0 Å². The number of nitrogens with zero attached hydrogens (tertiary/aromatic N) is 2. The second-order valence-electron chi connectivity index (χ2n) is 7.54. The predicted octanol–water partition coefficient (Wildman–Crippen LogP) is 5.24. The van der Waals surface area contributed by atoms with Gasteiger partial charge in [-0.15, -0.1) is 0 Å². The summed E-state index contributed by atoms with van der Waals surface area (Å²) in [6.07, 6.45) is 16.3. The molecule has 0 spiro atoms. The Morgan fingerprint density at radius 3 is 2.43 bits per heavy atom. The molecule has 0 fully saturated rings. The van der Waals surface area contributed by atoms with Gasteiger partial charge in [-0.05, 0) is 65.9 Å². The highest BCUT2D eigenvalue weighted by Crippen LogP contribution is 2.26. The minimum Gasteiger partial charge on any atom is -0.496 e. The first-order chi connectivity index (χ1) is 17.1. The summed E-state index contributed by atoms with van der Waals surface area (Å²) in [4.78, 5) is 8.40. The number of aromatic nitrogens is 1. The maximum absolute atomic E-state index is 6.22. The lowest BCUT2D eigenvalue weighted by Crippen LogP contribution is -1.99. The van der Waals surface area contributed by atoms with Crippen molar-refractivity contribution in [2.45, 2.75) is 6.61 Å². The van der Waals surface area contributed by atoms with Crippen LogP contribution in [-0.2, 0) is 6.61 Å². The molecule has 0 radical (unpaired) electrons. The van der Waals surface area contributed by atoms with E-state index >= 15 is 0 Å². The fraction of sp³-hybridized carbons (Fsp3) is 0.103. The number of aliphatic imine (C=N–C) groups is 1. The van der Waals surface area contributed by atoms with E-state index in [9.17, 15) is 0 Å². The molecule has 0 bridgehead atoms. The Balaban J connectivity index is 1.65. The number of hydrogen-bond donors (Lipinski definition) is 2. The van der Waals surface area contributed by atoms with E-state index in [4.69, 9.17) is 20.9 Å². The minimum absolute atomic E-state index is 0.434. The Labute approximate surface area is 206 Å². The first kappa shape index (κ1) is 25.1. The molecule has 0 saturated heterocycles. The highest BCUT2D eigenvalue weighted by molar-refractivity contribution is 6.07. The van der Waals surface area contributed by atoms with E-state index in [-0.39, 0.29) is 0 Å². The maximum Gasteiger partial charge on any atom is 0.129 e. The lowest BCUT2D eigenvalue weighted by Gasteiger charge is -2.10. The van der Waals surface area contributed by atoms with E-state index in [1.807, 2.05) is 91.1 Å². The lowest BCUT2D eigenvalue weighted by molar-refractivity contribution is 0.303. The van der Waals surface area contributed by atoms with Crippen LogP contribution in [0.3, 0.4) is 0 Å². The molecule has 3 aromatic rings.